The van der Waals surface area contributed by atoms with Crippen LogP contribution in [0.4, 0.5) is 4.39 Å². The second kappa shape index (κ2) is 5.36. The van der Waals surface area contributed by atoms with E-state index < -0.39 is 0 Å². The lowest BCUT2D eigenvalue weighted by Crippen LogP contribution is -2.52. The average molecular weight is 303 g/mol. The highest BCUT2D eigenvalue weighted by Crippen LogP contribution is 2.35. The van der Waals surface area contributed by atoms with E-state index in [-0.39, 0.29) is 18.0 Å². The van der Waals surface area contributed by atoms with Crippen LogP contribution in [-0.2, 0) is 4.74 Å². The highest BCUT2D eigenvalue weighted by atomic mass is 79.9. The Morgan fingerprint density at radius 3 is 2.82 bits per heavy atom. The molecular formula is C13H16BrFO2. The Hall–Kier alpha value is -0.610. The number of halogens is 2. The number of hydrogen-bond acceptors (Lipinski definition) is 2. The number of hydrogen-bond donors (Lipinski definition) is 0. The van der Waals surface area contributed by atoms with Gasteiger partial charge in [0.1, 0.15) is 23.8 Å². The molecule has 1 aromatic rings. The van der Waals surface area contributed by atoms with Crippen LogP contribution in [0, 0.1) is 12.7 Å². The van der Waals surface area contributed by atoms with Gasteiger partial charge in [-0.3, -0.25) is 0 Å². The molecule has 17 heavy (non-hydrogen) atoms. The lowest BCUT2D eigenvalue weighted by molar-refractivity contribution is -0.0725. The van der Waals surface area contributed by atoms with Crippen LogP contribution >= 0.6 is 15.9 Å². The molecular weight excluding hydrogens is 287 g/mol. The minimum absolute atomic E-state index is 0.0588. The molecule has 1 aromatic carbocycles. The Kier molecular flexibility index (Phi) is 4.05. The van der Waals surface area contributed by atoms with Crippen LogP contribution in [0.1, 0.15) is 18.9 Å². The van der Waals surface area contributed by atoms with Gasteiger partial charge < -0.3 is 9.47 Å². The Bertz CT molecular complexity index is 397. The molecule has 1 aliphatic carbocycles. The van der Waals surface area contributed by atoms with Crippen LogP contribution in [0.2, 0.25) is 0 Å². The van der Waals surface area contributed by atoms with Crippen molar-refractivity contribution >= 4 is 15.9 Å². The van der Waals surface area contributed by atoms with E-state index in [1.54, 1.807) is 6.07 Å². The molecule has 94 valence electrons. The van der Waals surface area contributed by atoms with E-state index in [2.05, 4.69) is 15.9 Å². The first-order chi connectivity index (χ1) is 8.11. The molecule has 1 fully saturated rings. The normalized spacial score (nSPS) is 27.6. The van der Waals surface area contributed by atoms with Gasteiger partial charge in [-0.15, -0.1) is 0 Å². The molecule has 0 spiro atoms. The van der Waals surface area contributed by atoms with Crippen LogP contribution in [0.5, 0.6) is 5.75 Å². The fourth-order valence-electron chi connectivity index (χ4n) is 1.95. The lowest BCUT2D eigenvalue weighted by atomic mass is 9.91. The zero-order valence-electron chi connectivity index (χ0n) is 9.95. The van der Waals surface area contributed by atoms with E-state index in [0.717, 1.165) is 17.7 Å². The van der Waals surface area contributed by atoms with Crippen LogP contribution in [0.15, 0.2) is 18.2 Å². The van der Waals surface area contributed by atoms with Gasteiger partial charge in [0.25, 0.3) is 0 Å². The molecule has 0 aromatic heterocycles. The van der Waals surface area contributed by atoms with Gasteiger partial charge >= 0.3 is 0 Å². The predicted octanol–water partition coefficient (Wildman–Crippen LogP) is 3.45. The summed E-state index contributed by atoms with van der Waals surface area (Å²) >= 11 is 3.55. The summed E-state index contributed by atoms with van der Waals surface area (Å²) in [7, 11) is 0. The van der Waals surface area contributed by atoms with Gasteiger partial charge in [0.05, 0.1) is 0 Å². The summed E-state index contributed by atoms with van der Waals surface area (Å²) in [6, 6.07) is 4.58. The molecule has 0 N–H and O–H groups in total. The van der Waals surface area contributed by atoms with Crippen molar-refractivity contribution < 1.29 is 13.9 Å². The summed E-state index contributed by atoms with van der Waals surface area (Å²) in [6.45, 7) is 4.49. The van der Waals surface area contributed by atoms with E-state index in [0.29, 0.717) is 11.4 Å². The number of rotatable bonds is 4. The molecule has 1 aliphatic rings. The SMILES string of the molecule is CCOC1C(Br)CC1Oc1ccc(F)cc1C. The zero-order chi connectivity index (χ0) is 12.4. The van der Waals surface area contributed by atoms with Crippen molar-refractivity contribution in [2.24, 2.45) is 0 Å². The molecule has 0 amide bonds. The second-order valence-electron chi connectivity index (χ2n) is 4.24. The van der Waals surface area contributed by atoms with Gasteiger partial charge in [0.2, 0.25) is 0 Å². The first-order valence-corrected chi connectivity index (χ1v) is 6.72. The van der Waals surface area contributed by atoms with Crippen molar-refractivity contribution in [1.82, 2.24) is 0 Å². The summed E-state index contributed by atoms with van der Waals surface area (Å²) in [5, 5.41) is 0. The Labute approximate surface area is 109 Å². The van der Waals surface area contributed by atoms with E-state index in [9.17, 15) is 4.39 Å². The minimum Gasteiger partial charge on any atom is -0.487 e. The average Bonchev–Trinajstić information content (AvgIpc) is 2.28. The number of alkyl halides is 1. The largest absolute Gasteiger partial charge is 0.487 e. The van der Waals surface area contributed by atoms with Crippen LogP contribution in [0.25, 0.3) is 0 Å². The molecule has 0 bridgehead atoms. The van der Waals surface area contributed by atoms with Crippen LogP contribution in [0.3, 0.4) is 0 Å². The van der Waals surface area contributed by atoms with Crippen molar-refractivity contribution in [3.8, 4) is 5.75 Å². The summed E-state index contributed by atoms with van der Waals surface area (Å²) in [5.74, 6) is 0.503. The third kappa shape index (κ3) is 2.80. The van der Waals surface area contributed by atoms with E-state index in [1.165, 1.54) is 12.1 Å². The van der Waals surface area contributed by atoms with Crippen LogP contribution < -0.4 is 4.74 Å². The summed E-state index contributed by atoms with van der Waals surface area (Å²) in [6.07, 6.45) is 1.06. The first kappa shape index (κ1) is 12.8. The molecule has 1 saturated carbocycles. The third-order valence-corrected chi connectivity index (χ3v) is 3.85. The van der Waals surface area contributed by atoms with Gasteiger partial charge in [0, 0.05) is 17.9 Å². The fourth-order valence-corrected chi connectivity index (χ4v) is 2.82. The predicted molar refractivity (Wildman–Crippen MR) is 68.3 cm³/mol. The van der Waals surface area contributed by atoms with E-state index in [1.807, 2.05) is 13.8 Å². The Morgan fingerprint density at radius 1 is 1.47 bits per heavy atom. The monoisotopic (exact) mass is 302 g/mol. The maximum Gasteiger partial charge on any atom is 0.127 e. The van der Waals surface area contributed by atoms with Gasteiger partial charge in [-0.25, -0.2) is 4.39 Å². The Morgan fingerprint density at radius 2 is 2.24 bits per heavy atom. The second-order valence-corrected chi connectivity index (χ2v) is 5.41. The number of aryl methyl sites for hydroxylation is 1. The maximum atomic E-state index is 13.0. The molecule has 0 radical (unpaired) electrons. The zero-order valence-corrected chi connectivity index (χ0v) is 11.5. The molecule has 2 rings (SSSR count). The van der Waals surface area contributed by atoms with Gasteiger partial charge in [-0.2, -0.15) is 0 Å². The van der Waals surface area contributed by atoms with E-state index in [4.69, 9.17) is 9.47 Å². The van der Waals surface area contributed by atoms with Gasteiger partial charge in [0.15, 0.2) is 0 Å². The topological polar surface area (TPSA) is 18.5 Å². The number of ether oxygens (including phenoxy) is 2. The quantitative estimate of drug-likeness (QED) is 0.793. The molecule has 3 atom stereocenters. The Balaban J connectivity index is 2.01. The first-order valence-electron chi connectivity index (χ1n) is 5.80. The molecule has 0 heterocycles. The molecule has 3 unspecified atom stereocenters. The lowest BCUT2D eigenvalue weighted by Gasteiger charge is -2.41. The van der Waals surface area contributed by atoms with Crippen molar-refractivity contribution in [2.45, 2.75) is 37.3 Å². The molecule has 2 nitrogen and oxygen atoms in total. The molecule has 0 saturated heterocycles. The van der Waals surface area contributed by atoms with E-state index >= 15 is 0 Å². The van der Waals surface area contributed by atoms with Crippen molar-refractivity contribution in [2.75, 3.05) is 6.61 Å². The maximum absolute atomic E-state index is 13.0. The van der Waals surface area contributed by atoms with Crippen LogP contribution in [-0.4, -0.2) is 23.6 Å². The standard InChI is InChI=1S/C13H16BrFO2/c1-3-16-13-10(14)7-12(13)17-11-5-4-9(15)6-8(11)2/h4-6,10,12-13H,3,7H2,1-2H3. The third-order valence-electron chi connectivity index (χ3n) is 2.95. The van der Waals surface area contributed by atoms with Gasteiger partial charge in [-0.05, 0) is 37.6 Å². The molecule has 0 aliphatic heterocycles. The smallest absolute Gasteiger partial charge is 0.127 e. The van der Waals surface area contributed by atoms with Crippen molar-refractivity contribution in [3.05, 3.63) is 29.6 Å². The highest BCUT2D eigenvalue weighted by molar-refractivity contribution is 9.09. The summed E-state index contributed by atoms with van der Waals surface area (Å²) in [5.41, 5.74) is 0.818. The van der Waals surface area contributed by atoms with Crippen molar-refractivity contribution in [1.29, 1.82) is 0 Å². The highest BCUT2D eigenvalue weighted by Gasteiger charge is 2.42. The fraction of sp³-hybridized carbons (Fsp3) is 0.538. The van der Waals surface area contributed by atoms with Crippen molar-refractivity contribution in [3.63, 3.8) is 0 Å². The summed E-state index contributed by atoms with van der Waals surface area (Å²) in [4.78, 5) is 0.355. The molecule has 4 heteroatoms. The minimum atomic E-state index is -0.233. The van der Waals surface area contributed by atoms with Gasteiger partial charge in [-0.1, -0.05) is 15.9 Å². The summed E-state index contributed by atoms with van der Waals surface area (Å²) < 4.78 is 24.4. The number of benzene rings is 1.